The average Bonchev–Trinajstić information content (AvgIpc) is 3.32. The molecule has 1 aliphatic heterocycles. The summed E-state index contributed by atoms with van der Waals surface area (Å²) in [5, 5.41) is 11.4. The molecule has 0 saturated carbocycles. The molecule has 2 aliphatic rings. The molecule has 0 radical (unpaired) electrons. The van der Waals surface area contributed by atoms with Crippen LogP contribution in [0.4, 0.5) is 0 Å². The zero-order chi connectivity index (χ0) is 21.4. The maximum absolute atomic E-state index is 12.8. The second-order valence-electron chi connectivity index (χ2n) is 8.16. The van der Waals surface area contributed by atoms with E-state index >= 15 is 0 Å². The van der Waals surface area contributed by atoms with Gasteiger partial charge >= 0.3 is 0 Å². The van der Waals surface area contributed by atoms with Gasteiger partial charge in [0, 0.05) is 21.8 Å². The number of nitrogens with one attached hydrogen (secondary N) is 2. The minimum Gasteiger partial charge on any atom is -0.349 e. The highest BCUT2D eigenvalue weighted by atomic mass is 35.5. The number of carbonyl (C=O) groups excluding carboxylic acids is 2. The molecule has 2 amide bonds. The van der Waals surface area contributed by atoms with Gasteiger partial charge in [-0.1, -0.05) is 41.9 Å². The normalized spacial score (nSPS) is 19.5. The molecule has 0 spiro atoms. The van der Waals surface area contributed by atoms with Crippen LogP contribution in [0, 0.1) is 0 Å². The van der Waals surface area contributed by atoms with Crippen molar-refractivity contribution in [2.24, 2.45) is 0 Å². The number of halogens is 1. The molecule has 2 N–H and O–H groups in total. The third-order valence-corrected chi connectivity index (χ3v) is 6.37. The van der Waals surface area contributed by atoms with Crippen LogP contribution in [-0.4, -0.2) is 21.6 Å². The molecule has 1 aliphatic carbocycles. The van der Waals surface area contributed by atoms with Gasteiger partial charge in [0.15, 0.2) is 0 Å². The zero-order valence-electron chi connectivity index (χ0n) is 17.0. The first-order valence-electron chi connectivity index (χ1n) is 10.6. The Balaban J connectivity index is 1.28. The van der Waals surface area contributed by atoms with Gasteiger partial charge in [-0.15, -0.1) is 0 Å². The number of carbonyl (C=O) groups is 2. The number of fused-ring (bicyclic) bond motifs is 2. The van der Waals surface area contributed by atoms with Crippen molar-refractivity contribution >= 4 is 23.4 Å². The van der Waals surface area contributed by atoms with Crippen molar-refractivity contribution < 1.29 is 9.59 Å². The summed E-state index contributed by atoms with van der Waals surface area (Å²) in [7, 11) is 0. The predicted molar refractivity (Wildman–Crippen MR) is 118 cm³/mol. The molecule has 0 bridgehead atoms. The monoisotopic (exact) mass is 434 g/mol. The fraction of sp³-hybridized carbons (Fsp3) is 0.292. The summed E-state index contributed by atoms with van der Waals surface area (Å²) in [6, 6.07) is 14.9. The lowest BCUT2D eigenvalue weighted by atomic mass is 9.92. The third kappa shape index (κ3) is 3.95. The Labute approximate surface area is 185 Å². The lowest BCUT2D eigenvalue weighted by Crippen LogP contribution is -2.33. The SMILES string of the molecule is O=C(C[C@H]1NC(=O)c2ccccc21)N[C@@H]1CCCc2c1cnn2Cc1ccc(Cl)cc1. The summed E-state index contributed by atoms with van der Waals surface area (Å²) in [5.41, 5.74) is 4.94. The lowest BCUT2D eigenvalue weighted by molar-refractivity contribution is -0.122. The number of amides is 2. The molecule has 1 aromatic heterocycles. The van der Waals surface area contributed by atoms with Gasteiger partial charge in [0.1, 0.15) is 0 Å². The number of benzene rings is 2. The Morgan fingerprint density at radius 2 is 1.97 bits per heavy atom. The van der Waals surface area contributed by atoms with E-state index in [1.54, 1.807) is 6.07 Å². The quantitative estimate of drug-likeness (QED) is 0.638. The largest absolute Gasteiger partial charge is 0.349 e. The molecule has 3 aromatic rings. The van der Waals surface area contributed by atoms with Crippen LogP contribution >= 0.6 is 11.6 Å². The Morgan fingerprint density at radius 1 is 1.16 bits per heavy atom. The zero-order valence-corrected chi connectivity index (χ0v) is 17.7. The molecule has 7 heteroatoms. The highest BCUT2D eigenvalue weighted by Gasteiger charge is 2.31. The van der Waals surface area contributed by atoms with Crippen LogP contribution in [0.15, 0.2) is 54.7 Å². The van der Waals surface area contributed by atoms with Crippen molar-refractivity contribution in [3.8, 4) is 0 Å². The Bertz CT molecular complexity index is 1140. The Morgan fingerprint density at radius 3 is 2.81 bits per heavy atom. The van der Waals surface area contributed by atoms with Crippen LogP contribution in [-0.2, 0) is 17.8 Å². The summed E-state index contributed by atoms with van der Waals surface area (Å²) in [4.78, 5) is 24.9. The molecule has 158 valence electrons. The predicted octanol–water partition coefficient (Wildman–Crippen LogP) is 3.95. The number of hydrogen-bond donors (Lipinski definition) is 2. The van der Waals surface area contributed by atoms with E-state index in [4.69, 9.17) is 11.6 Å². The Hall–Kier alpha value is -3.12. The van der Waals surface area contributed by atoms with Gasteiger partial charge in [-0.05, 0) is 48.6 Å². The van der Waals surface area contributed by atoms with Crippen molar-refractivity contribution in [2.75, 3.05) is 0 Å². The standard InChI is InChI=1S/C24H23ClN4O2/c25-16-10-8-15(9-11-16)14-29-22-7-3-6-20(19(22)13-26-29)27-23(30)12-21-17-4-1-2-5-18(17)24(31)28-21/h1-2,4-5,8-11,13,20-21H,3,6-7,12,14H2,(H,27,30)(H,28,31)/t20-,21-/m1/s1. The first kappa shape index (κ1) is 19.8. The molecule has 31 heavy (non-hydrogen) atoms. The second-order valence-corrected chi connectivity index (χ2v) is 8.60. The van der Waals surface area contributed by atoms with Gasteiger partial charge in [0.05, 0.1) is 31.2 Å². The average molecular weight is 435 g/mol. The van der Waals surface area contributed by atoms with Crippen molar-refractivity contribution in [1.29, 1.82) is 0 Å². The number of nitrogens with zero attached hydrogens (tertiary/aromatic N) is 2. The fourth-order valence-corrected chi connectivity index (χ4v) is 4.71. The molecule has 0 unspecified atom stereocenters. The van der Waals surface area contributed by atoms with E-state index in [1.807, 2.05) is 53.3 Å². The molecule has 0 saturated heterocycles. The maximum atomic E-state index is 12.8. The molecular weight excluding hydrogens is 412 g/mol. The van der Waals surface area contributed by atoms with Crippen molar-refractivity contribution in [3.05, 3.63) is 87.7 Å². The van der Waals surface area contributed by atoms with Crippen molar-refractivity contribution in [1.82, 2.24) is 20.4 Å². The van der Waals surface area contributed by atoms with Crippen molar-refractivity contribution in [3.63, 3.8) is 0 Å². The minimum atomic E-state index is -0.278. The molecule has 2 aromatic carbocycles. The molecule has 2 heterocycles. The van der Waals surface area contributed by atoms with Crippen LogP contribution in [0.1, 0.15) is 64.1 Å². The first-order chi connectivity index (χ1) is 15.1. The van der Waals surface area contributed by atoms with E-state index in [9.17, 15) is 9.59 Å². The molecule has 2 atom stereocenters. The smallest absolute Gasteiger partial charge is 0.252 e. The van der Waals surface area contributed by atoms with E-state index in [2.05, 4.69) is 15.7 Å². The van der Waals surface area contributed by atoms with Crippen LogP contribution in [0.25, 0.3) is 0 Å². The first-order valence-corrected chi connectivity index (χ1v) is 10.9. The molecular formula is C24H23ClN4O2. The Kier molecular flexibility index (Phi) is 5.24. The summed E-state index contributed by atoms with van der Waals surface area (Å²) >= 11 is 5.99. The molecule has 0 fully saturated rings. The van der Waals surface area contributed by atoms with Gasteiger partial charge in [0.2, 0.25) is 5.91 Å². The van der Waals surface area contributed by atoms with E-state index in [0.29, 0.717) is 12.1 Å². The van der Waals surface area contributed by atoms with Gasteiger partial charge < -0.3 is 10.6 Å². The molecule has 5 rings (SSSR count). The van der Waals surface area contributed by atoms with E-state index in [-0.39, 0.29) is 30.3 Å². The second kappa shape index (κ2) is 8.19. The third-order valence-electron chi connectivity index (χ3n) is 6.12. The van der Waals surface area contributed by atoms with Gasteiger partial charge in [-0.3, -0.25) is 14.3 Å². The van der Waals surface area contributed by atoms with Crippen LogP contribution in [0.5, 0.6) is 0 Å². The van der Waals surface area contributed by atoms with Gasteiger partial charge in [0.25, 0.3) is 5.91 Å². The van der Waals surface area contributed by atoms with E-state index < -0.39 is 0 Å². The number of aromatic nitrogens is 2. The minimum absolute atomic E-state index is 0.0532. The van der Waals surface area contributed by atoms with Crippen LogP contribution < -0.4 is 10.6 Å². The van der Waals surface area contributed by atoms with Crippen LogP contribution in [0.3, 0.4) is 0 Å². The molecule has 6 nitrogen and oxygen atoms in total. The summed E-state index contributed by atoms with van der Waals surface area (Å²) in [6.07, 6.45) is 4.93. The van der Waals surface area contributed by atoms with Crippen LogP contribution in [0.2, 0.25) is 5.02 Å². The van der Waals surface area contributed by atoms with Gasteiger partial charge in [-0.25, -0.2) is 0 Å². The maximum Gasteiger partial charge on any atom is 0.252 e. The highest BCUT2D eigenvalue weighted by Crippen LogP contribution is 2.31. The highest BCUT2D eigenvalue weighted by molar-refractivity contribution is 6.30. The fourth-order valence-electron chi connectivity index (χ4n) is 4.59. The van der Waals surface area contributed by atoms with E-state index in [1.165, 1.54) is 5.69 Å². The van der Waals surface area contributed by atoms with Crippen molar-refractivity contribution in [2.45, 2.75) is 44.3 Å². The summed E-state index contributed by atoms with van der Waals surface area (Å²) < 4.78 is 2.02. The number of hydrogen-bond acceptors (Lipinski definition) is 3. The summed E-state index contributed by atoms with van der Waals surface area (Å²) in [6.45, 7) is 0.679. The topological polar surface area (TPSA) is 76.0 Å². The van der Waals surface area contributed by atoms with Gasteiger partial charge in [-0.2, -0.15) is 5.10 Å². The summed E-state index contributed by atoms with van der Waals surface area (Å²) in [5.74, 6) is -0.179. The van der Waals surface area contributed by atoms with E-state index in [0.717, 1.165) is 41.0 Å². The lowest BCUT2D eigenvalue weighted by Gasteiger charge is -2.25. The number of rotatable bonds is 5.